The molecule has 31 heavy (non-hydrogen) atoms. The number of carbonyl (C=O) groups excluding carboxylic acids is 2. The molecule has 0 saturated heterocycles. The first-order chi connectivity index (χ1) is 14.7. The molecule has 162 valence electrons. The summed E-state index contributed by atoms with van der Waals surface area (Å²) in [7, 11) is 1.29. The predicted octanol–water partition coefficient (Wildman–Crippen LogP) is 4.80. The summed E-state index contributed by atoms with van der Waals surface area (Å²) in [6.45, 7) is 0.0360. The van der Waals surface area contributed by atoms with E-state index in [1.165, 1.54) is 25.3 Å². The molecule has 0 fully saturated rings. The SMILES string of the molecule is COC(=O)c1ccc(OCc2ccc(C(=O)Nc3ccc(OC(F)(F)F)cc3)o2)cc1. The second-order valence-corrected chi connectivity index (χ2v) is 6.10. The maximum absolute atomic E-state index is 12.2. The Balaban J connectivity index is 1.54. The molecule has 0 aliphatic heterocycles. The third-order valence-corrected chi connectivity index (χ3v) is 3.89. The Morgan fingerprint density at radius 1 is 0.935 bits per heavy atom. The first kappa shape index (κ1) is 21.8. The average molecular weight is 435 g/mol. The van der Waals surface area contributed by atoms with Crippen molar-refractivity contribution in [3.05, 3.63) is 77.7 Å². The summed E-state index contributed by atoms with van der Waals surface area (Å²) in [5.41, 5.74) is 0.643. The van der Waals surface area contributed by atoms with Crippen molar-refractivity contribution in [2.24, 2.45) is 0 Å². The molecular weight excluding hydrogens is 419 g/mol. The fourth-order valence-corrected chi connectivity index (χ4v) is 2.47. The van der Waals surface area contributed by atoms with E-state index in [1.807, 2.05) is 0 Å². The van der Waals surface area contributed by atoms with Gasteiger partial charge in [0.15, 0.2) is 5.76 Å². The summed E-state index contributed by atoms with van der Waals surface area (Å²) in [6, 6.07) is 14.0. The number of rotatable bonds is 7. The number of anilines is 1. The normalized spacial score (nSPS) is 11.0. The molecule has 3 rings (SSSR count). The fraction of sp³-hybridized carbons (Fsp3) is 0.143. The van der Waals surface area contributed by atoms with Gasteiger partial charge in [0.1, 0.15) is 23.9 Å². The van der Waals surface area contributed by atoms with Crippen LogP contribution in [0.1, 0.15) is 26.7 Å². The van der Waals surface area contributed by atoms with Crippen molar-refractivity contribution in [1.29, 1.82) is 0 Å². The number of methoxy groups -OCH3 is 1. The zero-order chi connectivity index (χ0) is 22.4. The van der Waals surface area contributed by atoms with Crippen LogP contribution in [0.2, 0.25) is 0 Å². The lowest BCUT2D eigenvalue weighted by Crippen LogP contribution is -2.17. The van der Waals surface area contributed by atoms with Crippen LogP contribution in [0.3, 0.4) is 0 Å². The highest BCUT2D eigenvalue weighted by Gasteiger charge is 2.31. The number of ether oxygens (including phenoxy) is 3. The van der Waals surface area contributed by atoms with E-state index in [0.717, 1.165) is 12.1 Å². The molecule has 0 spiro atoms. The number of halogens is 3. The second kappa shape index (κ2) is 9.24. The van der Waals surface area contributed by atoms with Gasteiger partial charge in [0.25, 0.3) is 5.91 Å². The van der Waals surface area contributed by atoms with E-state index < -0.39 is 24.0 Å². The number of hydrogen-bond donors (Lipinski definition) is 1. The molecule has 7 nitrogen and oxygen atoms in total. The van der Waals surface area contributed by atoms with Crippen LogP contribution in [-0.4, -0.2) is 25.3 Å². The van der Waals surface area contributed by atoms with Gasteiger partial charge in [0, 0.05) is 5.69 Å². The van der Waals surface area contributed by atoms with Gasteiger partial charge in [-0.2, -0.15) is 0 Å². The number of alkyl halides is 3. The number of benzene rings is 2. The lowest BCUT2D eigenvalue weighted by molar-refractivity contribution is -0.274. The van der Waals surface area contributed by atoms with Crippen LogP contribution >= 0.6 is 0 Å². The number of nitrogens with one attached hydrogen (secondary N) is 1. The molecule has 0 radical (unpaired) electrons. The van der Waals surface area contributed by atoms with Gasteiger partial charge < -0.3 is 23.9 Å². The van der Waals surface area contributed by atoms with E-state index in [4.69, 9.17) is 9.15 Å². The van der Waals surface area contributed by atoms with Gasteiger partial charge in [-0.25, -0.2) is 4.79 Å². The molecule has 0 atom stereocenters. The van der Waals surface area contributed by atoms with Crippen LogP contribution in [-0.2, 0) is 11.3 Å². The Morgan fingerprint density at radius 3 is 2.19 bits per heavy atom. The van der Waals surface area contributed by atoms with Crippen molar-refractivity contribution < 1.29 is 41.4 Å². The van der Waals surface area contributed by atoms with Gasteiger partial charge in [0.2, 0.25) is 0 Å². The Labute approximate surface area is 174 Å². The minimum atomic E-state index is -4.79. The van der Waals surface area contributed by atoms with E-state index in [9.17, 15) is 22.8 Å². The van der Waals surface area contributed by atoms with Crippen molar-refractivity contribution in [2.75, 3.05) is 12.4 Å². The van der Waals surface area contributed by atoms with Gasteiger partial charge in [-0.05, 0) is 60.7 Å². The van der Waals surface area contributed by atoms with E-state index in [0.29, 0.717) is 17.1 Å². The van der Waals surface area contributed by atoms with Gasteiger partial charge in [-0.15, -0.1) is 13.2 Å². The number of amides is 1. The number of esters is 1. The third kappa shape index (κ3) is 6.26. The Morgan fingerprint density at radius 2 is 1.58 bits per heavy atom. The smallest absolute Gasteiger partial charge is 0.486 e. The summed E-state index contributed by atoms with van der Waals surface area (Å²) in [4.78, 5) is 23.7. The molecule has 0 aliphatic rings. The first-order valence-corrected chi connectivity index (χ1v) is 8.80. The van der Waals surface area contributed by atoms with Gasteiger partial charge in [-0.3, -0.25) is 4.79 Å². The van der Waals surface area contributed by atoms with Crippen LogP contribution in [0.5, 0.6) is 11.5 Å². The topological polar surface area (TPSA) is 87.0 Å². The zero-order valence-electron chi connectivity index (χ0n) is 16.1. The summed E-state index contributed by atoms with van der Waals surface area (Å²) in [6.07, 6.45) is -4.79. The van der Waals surface area contributed by atoms with Crippen LogP contribution in [0, 0.1) is 0 Å². The number of furan rings is 1. The summed E-state index contributed by atoms with van der Waals surface area (Å²) >= 11 is 0. The van der Waals surface area contributed by atoms with Crippen LogP contribution in [0.4, 0.5) is 18.9 Å². The Hall–Kier alpha value is -3.95. The molecule has 1 heterocycles. The van der Waals surface area contributed by atoms with Crippen molar-refractivity contribution in [3.8, 4) is 11.5 Å². The molecular formula is C21H16F3NO6. The Bertz CT molecular complexity index is 1040. The number of carbonyl (C=O) groups is 2. The highest BCUT2D eigenvalue weighted by molar-refractivity contribution is 6.02. The standard InChI is InChI=1S/C21H16F3NO6/c1-28-20(27)13-2-6-15(7-3-13)29-12-17-10-11-18(30-17)19(26)25-14-4-8-16(9-5-14)31-21(22,23)24/h2-11H,12H2,1H3,(H,25,26). The van der Waals surface area contributed by atoms with Gasteiger partial charge in [-0.1, -0.05) is 0 Å². The highest BCUT2D eigenvalue weighted by atomic mass is 19.4. The maximum atomic E-state index is 12.2. The maximum Gasteiger partial charge on any atom is 0.573 e. The lowest BCUT2D eigenvalue weighted by atomic mass is 10.2. The first-order valence-electron chi connectivity index (χ1n) is 8.80. The highest BCUT2D eigenvalue weighted by Crippen LogP contribution is 2.24. The van der Waals surface area contributed by atoms with E-state index in [2.05, 4.69) is 14.8 Å². The molecule has 0 unspecified atom stereocenters. The van der Waals surface area contributed by atoms with Gasteiger partial charge >= 0.3 is 12.3 Å². The summed E-state index contributed by atoms with van der Waals surface area (Å²) in [5, 5.41) is 2.50. The fourth-order valence-electron chi connectivity index (χ4n) is 2.47. The second-order valence-electron chi connectivity index (χ2n) is 6.10. The molecule has 3 aromatic rings. The molecule has 2 aromatic carbocycles. The van der Waals surface area contributed by atoms with Crippen LogP contribution in [0.15, 0.2) is 65.1 Å². The Kier molecular flexibility index (Phi) is 6.49. The molecule has 10 heteroatoms. The molecule has 0 bridgehead atoms. The average Bonchev–Trinajstić information content (AvgIpc) is 3.22. The quantitative estimate of drug-likeness (QED) is 0.537. The van der Waals surface area contributed by atoms with E-state index >= 15 is 0 Å². The molecule has 1 aromatic heterocycles. The van der Waals surface area contributed by atoms with Crippen LogP contribution in [0.25, 0.3) is 0 Å². The monoisotopic (exact) mass is 435 g/mol. The van der Waals surface area contributed by atoms with Crippen molar-refractivity contribution in [3.63, 3.8) is 0 Å². The van der Waals surface area contributed by atoms with Crippen molar-refractivity contribution >= 4 is 17.6 Å². The molecule has 0 aliphatic carbocycles. The van der Waals surface area contributed by atoms with Gasteiger partial charge in [0.05, 0.1) is 12.7 Å². The molecule has 1 amide bonds. The van der Waals surface area contributed by atoms with E-state index in [-0.39, 0.29) is 18.1 Å². The van der Waals surface area contributed by atoms with E-state index in [1.54, 1.807) is 30.3 Å². The zero-order valence-corrected chi connectivity index (χ0v) is 16.1. The van der Waals surface area contributed by atoms with Crippen molar-refractivity contribution in [1.82, 2.24) is 0 Å². The number of hydrogen-bond acceptors (Lipinski definition) is 6. The minimum absolute atomic E-state index is 0.00439. The van der Waals surface area contributed by atoms with Crippen molar-refractivity contribution in [2.45, 2.75) is 13.0 Å². The third-order valence-electron chi connectivity index (χ3n) is 3.89. The van der Waals surface area contributed by atoms with Crippen LogP contribution < -0.4 is 14.8 Å². The molecule has 0 saturated carbocycles. The summed E-state index contributed by atoms with van der Waals surface area (Å²) in [5.74, 6) is -0.598. The minimum Gasteiger partial charge on any atom is -0.486 e. The summed E-state index contributed by atoms with van der Waals surface area (Å²) < 4.78 is 55.9. The lowest BCUT2D eigenvalue weighted by Gasteiger charge is -2.09. The predicted molar refractivity (Wildman–Crippen MR) is 102 cm³/mol. The largest absolute Gasteiger partial charge is 0.573 e. The molecule has 1 N–H and O–H groups in total.